The molecule has 0 aliphatic heterocycles. The van der Waals surface area contributed by atoms with Crippen molar-refractivity contribution in [1.29, 1.82) is 0 Å². The van der Waals surface area contributed by atoms with Gasteiger partial charge in [-0.15, -0.1) is 0 Å². The van der Waals surface area contributed by atoms with Crippen molar-refractivity contribution in [3.63, 3.8) is 0 Å². The third-order valence-corrected chi connectivity index (χ3v) is 2.83. The number of carbonyl (C=O) groups is 2. The summed E-state index contributed by atoms with van der Waals surface area (Å²) in [7, 11) is 0. The van der Waals surface area contributed by atoms with Crippen molar-refractivity contribution in [3.05, 3.63) is 35.6 Å². The Bertz CT molecular complexity index is 507. The van der Waals surface area contributed by atoms with Gasteiger partial charge in [0.15, 0.2) is 0 Å². The van der Waals surface area contributed by atoms with Crippen LogP contribution in [-0.2, 0) is 9.53 Å². The first-order valence-electron chi connectivity index (χ1n) is 6.58. The molecule has 0 saturated carbocycles. The fourth-order valence-electron chi connectivity index (χ4n) is 1.79. The first-order valence-corrected chi connectivity index (χ1v) is 6.58. The third-order valence-electron chi connectivity index (χ3n) is 2.83. The van der Waals surface area contributed by atoms with Gasteiger partial charge in [-0.2, -0.15) is 0 Å². The molecule has 2 atom stereocenters. The lowest BCUT2D eigenvalue weighted by molar-refractivity contribution is -0.140. The van der Waals surface area contributed by atoms with Crippen molar-refractivity contribution in [1.82, 2.24) is 5.32 Å². The minimum absolute atomic E-state index is 0.405. The van der Waals surface area contributed by atoms with E-state index in [0.717, 1.165) is 0 Å². The lowest BCUT2D eigenvalue weighted by Gasteiger charge is -2.25. The van der Waals surface area contributed by atoms with E-state index in [1.54, 1.807) is 27.7 Å². The molecule has 5 nitrogen and oxygen atoms in total. The number of hydrogen-bond donors (Lipinski definition) is 2. The topological polar surface area (TPSA) is 75.6 Å². The normalized spacial score (nSPS) is 14.1. The Labute approximate surface area is 123 Å². The van der Waals surface area contributed by atoms with Gasteiger partial charge in [-0.3, -0.25) is 0 Å². The maximum Gasteiger partial charge on any atom is 0.408 e. The summed E-state index contributed by atoms with van der Waals surface area (Å²) < 4.78 is 17.9. The molecule has 0 unspecified atom stereocenters. The molecule has 1 amide bonds. The molecule has 2 N–H and O–H groups in total. The van der Waals surface area contributed by atoms with Gasteiger partial charge in [0.05, 0.1) is 0 Å². The summed E-state index contributed by atoms with van der Waals surface area (Å²) in [6.07, 6.45) is -0.802. The van der Waals surface area contributed by atoms with Crippen LogP contribution < -0.4 is 5.32 Å². The summed E-state index contributed by atoms with van der Waals surface area (Å²) >= 11 is 0. The summed E-state index contributed by atoms with van der Waals surface area (Å²) in [5, 5.41) is 11.6. The van der Waals surface area contributed by atoms with Gasteiger partial charge in [0.25, 0.3) is 0 Å². The van der Waals surface area contributed by atoms with Gasteiger partial charge in [0.2, 0.25) is 0 Å². The Hall–Kier alpha value is -2.11. The summed E-state index contributed by atoms with van der Waals surface area (Å²) in [6.45, 7) is 6.70. The van der Waals surface area contributed by atoms with Gasteiger partial charge >= 0.3 is 12.1 Å². The Morgan fingerprint density at radius 2 is 1.76 bits per heavy atom. The van der Waals surface area contributed by atoms with Crippen LogP contribution in [0, 0.1) is 5.82 Å². The molecule has 0 heterocycles. The molecular formula is C15H20FNO4. The van der Waals surface area contributed by atoms with E-state index in [1.807, 2.05) is 0 Å². The Morgan fingerprint density at radius 1 is 1.24 bits per heavy atom. The highest BCUT2D eigenvalue weighted by molar-refractivity contribution is 5.81. The fraction of sp³-hybridized carbons (Fsp3) is 0.467. The molecule has 0 fully saturated rings. The van der Waals surface area contributed by atoms with Crippen molar-refractivity contribution in [2.45, 2.75) is 45.3 Å². The van der Waals surface area contributed by atoms with Crippen molar-refractivity contribution < 1.29 is 23.8 Å². The van der Waals surface area contributed by atoms with E-state index >= 15 is 0 Å². The number of carboxylic acids is 1. The Kier molecular flexibility index (Phi) is 5.29. The molecule has 0 aliphatic carbocycles. The molecule has 0 radical (unpaired) electrons. The van der Waals surface area contributed by atoms with Crippen molar-refractivity contribution in [2.75, 3.05) is 0 Å². The Morgan fingerprint density at radius 3 is 2.19 bits per heavy atom. The van der Waals surface area contributed by atoms with Gasteiger partial charge in [0, 0.05) is 5.92 Å². The molecule has 1 aromatic rings. The average Bonchev–Trinajstić information content (AvgIpc) is 2.33. The van der Waals surface area contributed by atoms with Crippen LogP contribution in [0.15, 0.2) is 24.3 Å². The highest BCUT2D eigenvalue weighted by Crippen LogP contribution is 2.20. The SMILES string of the molecule is C[C@@H](c1ccc(F)cc1)[C@@H](NC(=O)OC(C)(C)C)C(=O)O. The number of ether oxygens (including phenoxy) is 1. The largest absolute Gasteiger partial charge is 0.480 e. The predicted octanol–water partition coefficient (Wildman–Crippen LogP) is 2.91. The van der Waals surface area contributed by atoms with Crippen LogP contribution in [0.2, 0.25) is 0 Å². The average molecular weight is 297 g/mol. The smallest absolute Gasteiger partial charge is 0.408 e. The van der Waals surface area contributed by atoms with Crippen LogP contribution in [0.4, 0.5) is 9.18 Å². The minimum Gasteiger partial charge on any atom is -0.480 e. The second kappa shape index (κ2) is 6.56. The fourth-order valence-corrected chi connectivity index (χ4v) is 1.79. The van der Waals surface area contributed by atoms with Crippen LogP contribution in [0.1, 0.15) is 39.2 Å². The number of carboxylic acid groups (broad SMARTS) is 1. The molecule has 0 saturated heterocycles. The molecular weight excluding hydrogens is 277 g/mol. The predicted molar refractivity (Wildman–Crippen MR) is 75.6 cm³/mol. The van der Waals surface area contributed by atoms with Gasteiger partial charge in [-0.05, 0) is 38.5 Å². The second-order valence-corrected chi connectivity index (χ2v) is 5.80. The van der Waals surface area contributed by atoms with Crippen LogP contribution >= 0.6 is 0 Å². The molecule has 116 valence electrons. The van der Waals surface area contributed by atoms with Gasteiger partial charge in [0.1, 0.15) is 17.5 Å². The monoisotopic (exact) mass is 297 g/mol. The molecule has 1 aromatic carbocycles. The molecule has 1 rings (SSSR count). The molecule has 6 heteroatoms. The van der Waals surface area contributed by atoms with E-state index in [0.29, 0.717) is 5.56 Å². The van der Waals surface area contributed by atoms with Crippen molar-refractivity contribution in [2.24, 2.45) is 0 Å². The first-order chi connectivity index (χ1) is 9.60. The summed E-state index contributed by atoms with van der Waals surface area (Å²) in [4.78, 5) is 23.0. The number of rotatable bonds is 4. The van der Waals surface area contributed by atoms with E-state index < -0.39 is 35.4 Å². The van der Waals surface area contributed by atoms with Gasteiger partial charge in [-0.1, -0.05) is 19.1 Å². The van der Waals surface area contributed by atoms with Crippen LogP contribution in [0.3, 0.4) is 0 Å². The number of benzene rings is 1. The number of amides is 1. The number of hydrogen-bond acceptors (Lipinski definition) is 3. The van der Waals surface area contributed by atoms with Crippen LogP contribution in [0.25, 0.3) is 0 Å². The first kappa shape index (κ1) is 16.9. The van der Waals surface area contributed by atoms with E-state index in [-0.39, 0.29) is 0 Å². The van der Waals surface area contributed by atoms with Crippen LogP contribution in [-0.4, -0.2) is 28.8 Å². The number of carbonyl (C=O) groups excluding carboxylic acids is 1. The number of nitrogens with one attached hydrogen (secondary N) is 1. The third kappa shape index (κ3) is 5.41. The molecule has 0 aliphatic rings. The Balaban J connectivity index is 2.84. The second-order valence-electron chi connectivity index (χ2n) is 5.80. The number of aliphatic carboxylic acids is 1. The maximum atomic E-state index is 12.9. The van der Waals surface area contributed by atoms with E-state index in [9.17, 15) is 19.1 Å². The standard InChI is InChI=1S/C15H20FNO4/c1-9(10-5-7-11(16)8-6-10)12(13(18)19)17-14(20)21-15(2,3)4/h5-9,12H,1-4H3,(H,17,20)(H,18,19)/t9-,12+/m0/s1. The molecule has 0 spiro atoms. The summed E-state index contributed by atoms with van der Waals surface area (Å²) in [5.74, 6) is -2.12. The van der Waals surface area contributed by atoms with Crippen molar-refractivity contribution >= 4 is 12.1 Å². The minimum atomic E-state index is -1.18. The van der Waals surface area contributed by atoms with Crippen LogP contribution in [0.5, 0.6) is 0 Å². The van der Waals surface area contributed by atoms with Crippen molar-refractivity contribution in [3.8, 4) is 0 Å². The van der Waals surface area contributed by atoms with E-state index in [1.165, 1.54) is 24.3 Å². The highest BCUT2D eigenvalue weighted by Gasteiger charge is 2.29. The zero-order valence-corrected chi connectivity index (χ0v) is 12.5. The lowest BCUT2D eigenvalue weighted by Crippen LogP contribution is -2.46. The van der Waals surface area contributed by atoms with E-state index in [2.05, 4.69) is 5.32 Å². The van der Waals surface area contributed by atoms with Gasteiger partial charge in [-0.25, -0.2) is 14.0 Å². The van der Waals surface area contributed by atoms with E-state index in [4.69, 9.17) is 4.74 Å². The lowest BCUT2D eigenvalue weighted by atomic mass is 9.93. The summed E-state index contributed by atoms with van der Waals surface area (Å²) in [6, 6.07) is 4.32. The number of halogens is 1. The summed E-state index contributed by atoms with van der Waals surface area (Å²) in [5.41, 5.74) is -0.105. The molecule has 21 heavy (non-hydrogen) atoms. The zero-order valence-electron chi connectivity index (χ0n) is 12.5. The maximum absolute atomic E-state index is 12.9. The van der Waals surface area contributed by atoms with Gasteiger partial charge < -0.3 is 15.2 Å². The quantitative estimate of drug-likeness (QED) is 0.896. The zero-order chi connectivity index (χ0) is 16.2. The highest BCUT2D eigenvalue weighted by atomic mass is 19.1. The molecule has 0 bridgehead atoms. The number of alkyl carbamates (subject to hydrolysis) is 1. The molecule has 0 aromatic heterocycles.